The first-order chi connectivity index (χ1) is 10.1. The smallest absolute Gasteiger partial charge is 0.313 e. The lowest BCUT2D eigenvalue weighted by Crippen LogP contribution is -2.15. The van der Waals surface area contributed by atoms with Gasteiger partial charge in [0.05, 0.1) is 12.5 Å². The topological polar surface area (TPSA) is 46.5 Å². The summed E-state index contributed by atoms with van der Waals surface area (Å²) in [6, 6.07) is 17.8. The van der Waals surface area contributed by atoms with Gasteiger partial charge in [0.1, 0.15) is 5.75 Å². The van der Waals surface area contributed by atoms with E-state index in [1.807, 2.05) is 36.4 Å². The van der Waals surface area contributed by atoms with Crippen LogP contribution in [-0.4, -0.2) is 17.2 Å². The van der Waals surface area contributed by atoms with Crippen LogP contribution in [0, 0.1) is 0 Å². The van der Waals surface area contributed by atoms with E-state index in [9.17, 15) is 9.90 Å². The van der Waals surface area contributed by atoms with Crippen LogP contribution in [0.4, 0.5) is 0 Å². The van der Waals surface area contributed by atoms with Crippen molar-refractivity contribution >= 4 is 27.5 Å². The molecule has 3 heteroatoms. The minimum Gasteiger partial charge on any atom is -0.426 e. The first kappa shape index (κ1) is 13.6. The van der Waals surface area contributed by atoms with Gasteiger partial charge in [0.2, 0.25) is 0 Å². The molecule has 0 bridgehead atoms. The van der Waals surface area contributed by atoms with Gasteiger partial charge in [-0.3, -0.25) is 4.79 Å². The Balaban J connectivity index is 2.06. The molecule has 3 nitrogen and oxygen atoms in total. The zero-order chi connectivity index (χ0) is 14.8. The number of aliphatic hydroxyl groups excluding tert-OH is 1. The highest BCUT2D eigenvalue weighted by Crippen LogP contribution is 2.30. The van der Waals surface area contributed by atoms with Crippen molar-refractivity contribution in [2.45, 2.75) is 19.4 Å². The molecule has 0 fully saturated rings. The third kappa shape index (κ3) is 2.88. The van der Waals surface area contributed by atoms with Gasteiger partial charge in [-0.05, 0) is 41.3 Å². The van der Waals surface area contributed by atoms with Crippen molar-refractivity contribution in [3.8, 4) is 5.75 Å². The number of hydrogen-bond donors (Lipinski definition) is 1. The summed E-state index contributed by atoms with van der Waals surface area (Å²) in [6.45, 7) is 1.57. The second-order valence-electron chi connectivity index (χ2n) is 5.20. The summed E-state index contributed by atoms with van der Waals surface area (Å²) in [5.41, 5.74) is 0. The summed E-state index contributed by atoms with van der Waals surface area (Å²) in [4.78, 5) is 11.7. The highest BCUT2D eigenvalue weighted by molar-refractivity contribution is 6.01. The van der Waals surface area contributed by atoms with E-state index in [0.29, 0.717) is 5.75 Å². The van der Waals surface area contributed by atoms with Crippen LogP contribution in [0.1, 0.15) is 13.3 Å². The molecule has 0 aliphatic carbocycles. The van der Waals surface area contributed by atoms with Crippen molar-refractivity contribution in [2.24, 2.45) is 0 Å². The fraction of sp³-hybridized carbons (Fsp3) is 0.167. The van der Waals surface area contributed by atoms with Crippen LogP contribution in [0.15, 0.2) is 54.6 Å². The largest absolute Gasteiger partial charge is 0.426 e. The second-order valence-corrected chi connectivity index (χ2v) is 5.20. The van der Waals surface area contributed by atoms with Gasteiger partial charge in [0.25, 0.3) is 0 Å². The quantitative estimate of drug-likeness (QED) is 0.452. The third-order valence-electron chi connectivity index (χ3n) is 3.39. The van der Waals surface area contributed by atoms with Crippen molar-refractivity contribution in [2.75, 3.05) is 0 Å². The van der Waals surface area contributed by atoms with Crippen LogP contribution >= 0.6 is 0 Å². The number of carbonyl (C=O) groups excluding carboxylic acids is 1. The van der Waals surface area contributed by atoms with Gasteiger partial charge in [-0.25, -0.2) is 0 Å². The van der Waals surface area contributed by atoms with Crippen LogP contribution < -0.4 is 4.74 Å². The third-order valence-corrected chi connectivity index (χ3v) is 3.39. The average molecular weight is 280 g/mol. The fourth-order valence-corrected chi connectivity index (χ4v) is 2.43. The molecule has 0 saturated heterocycles. The van der Waals surface area contributed by atoms with Gasteiger partial charge in [-0.2, -0.15) is 0 Å². The second kappa shape index (κ2) is 5.54. The predicted molar refractivity (Wildman–Crippen MR) is 83.4 cm³/mol. The van der Waals surface area contributed by atoms with Gasteiger partial charge in [-0.15, -0.1) is 0 Å². The maximum atomic E-state index is 11.7. The summed E-state index contributed by atoms with van der Waals surface area (Å²) < 4.78 is 5.39. The number of esters is 1. The molecule has 3 rings (SSSR count). The van der Waals surface area contributed by atoms with E-state index >= 15 is 0 Å². The molecule has 0 heterocycles. The first-order valence-electron chi connectivity index (χ1n) is 6.94. The zero-order valence-corrected chi connectivity index (χ0v) is 11.7. The van der Waals surface area contributed by atoms with E-state index in [0.717, 1.165) is 21.5 Å². The van der Waals surface area contributed by atoms with E-state index in [2.05, 4.69) is 12.1 Å². The summed E-state index contributed by atoms with van der Waals surface area (Å²) in [5, 5.41) is 13.4. The molecule has 0 amide bonds. The minimum absolute atomic E-state index is 0.00995. The Hall–Kier alpha value is -2.39. The van der Waals surface area contributed by atoms with E-state index in [1.54, 1.807) is 13.0 Å². The van der Waals surface area contributed by atoms with Gasteiger partial charge in [0.15, 0.2) is 0 Å². The number of aliphatic hydroxyl groups is 1. The molecule has 3 aromatic rings. The molecule has 0 aliphatic heterocycles. The van der Waals surface area contributed by atoms with Gasteiger partial charge < -0.3 is 9.84 Å². The average Bonchev–Trinajstić information content (AvgIpc) is 2.45. The molecule has 0 aromatic heterocycles. The highest BCUT2D eigenvalue weighted by Gasteiger charge is 2.11. The monoisotopic (exact) mass is 280 g/mol. The van der Waals surface area contributed by atoms with Crippen LogP contribution in [0.25, 0.3) is 21.5 Å². The predicted octanol–water partition coefficient (Wildman–Crippen LogP) is 3.67. The number of carbonyl (C=O) groups is 1. The van der Waals surface area contributed by atoms with E-state index in [4.69, 9.17) is 4.74 Å². The molecule has 0 spiro atoms. The lowest BCUT2D eigenvalue weighted by molar-refractivity contribution is -0.136. The summed E-state index contributed by atoms with van der Waals surface area (Å²) >= 11 is 0. The first-order valence-corrected chi connectivity index (χ1v) is 6.94. The summed E-state index contributed by atoms with van der Waals surface area (Å²) in [6.07, 6.45) is -0.711. The van der Waals surface area contributed by atoms with E-state index < -0.39 is 12.1 Å². The van der Waals surface area contributed by atoms with Crippen molar-refractivity contribution < 1.29 is 14.6 Å². The molecular weight excluding hydrogens is 264 g/mol. The van der Waals surface area contributed by atoms with Crippen molar-refractivity contribution in [3.05, 3.63) is 54.6 Å². The molecule has 106 valence electrons. The lowest BCUT2D eigenvalue weighted by atomic mass is 10.0. The Kier molecular flexibility index (Phi) is 3.59. The van der Waals surface area contributed by atoms with Crippen LogP contribution in [-0.2, 0) is 4.79 Å². The number of benzene rings is 3. The van der Waals surface area contributed by atoms with Crippen LogP contribution in [0.5, 0.6) is 5.75 Å². The molecule has 3 aromatic carbocycles. The SMILES string of the molecule is CC(O)CC(=O)Oc1cccc2cc3ccccc3cc12. The number of fused-ring (bicyclic) bond motifs is 2. The molecule has 0 saturated carbocycles. The maximum Gasteiger partial charge on any atom is 0.313 e. The normalized spacial score (nSPS) is 12.5. The molecule has 21 heavy (non-hydrogen) atoms. The van der Waals surface area contributed by atoms with Gasteiger partial charge in [-0.1, -0.05) is 36.4 Å². The molecule has 0 radical (unpaired) electrons. The van der Waals surface area contributed by atoms with E-state index in [-0.39, 0.29) is 6.42 Å². The highest BCUT2D eigenvalue weighted by atomic mass is 16.5. The van der Waals surface area contributed by atoms with Gasteiger partial charge >= 0.3 is 5.97 Å². The van der Waals surface area contributed by atoms with Crippen molar-refractivity contribution in [3.63, 3.8) is 0 Å². The Morgan fingerprint density at radius 1 is 1.05 bits per heavy atom. The Morgan fingerprint density at radius 2 is 1.71 bits per heavy atom. The van der Waals surface area contributed by atoms with Crippen LogP contribution in [0.2, 0.25) is 0 Å². The molecule has 1 unspecified atom stereocenters. The van der Waals surface area contributed by atoms with Crippen molar-refractivity contribution in [1.29, 1.82) is 0 Å². The maximum absolute atomic E-state index is 11.7. The van der Waals surface area contributed by atoms with E-state index in [1.165, 1.54) is 0 Å². The zero-order valence-electron chi connectivity index (χ0n) is 11.7. The van der Waals surface area contributed by atoms with Crippen LogP contribution in [0.3, 0.4) is 0 Å². The Bertz CT molecular complexity index is 806. The molecule has 1 N–H and O–H groups in total. The fourth-order valence-electron chi connectivity index (χ4n) is 2.43. The summed E-state index contributed by atoms with van der Waals surface area (Å²) in [5.74, 6) is 0.106. The van der Waals surface area contributed by atoms with Crippen molar-refractivity contribution in [1.82, 2.24) is 0 Å². The lowest BCUT2D eigenvalue weighted by Gasteiger charge is -2.10. The number of hydrogen-bond acceptors (Lipinski definition) is 3. The molecule has 0 aliphatic rings. The summed E-state index contributed by atoms with van der Waals surface area (Å²) in [7, 11) is 0. The molecule has 1 atom stereocenters. The van der Waals surface area contributed by atoms with Gasteiger partial charge in [0, 0.05) is 5.39 Å². The standard InChI is InChI=1S/C18H16O3/c1-12(19)9-18(20)21-17-8-4-7-15-10-13-5-2-3-6-14(13)11-16(15)17/h2-8,10-12,19H,9H2,1H3. The number of rotatable bonds is 3. The number of ether oxygens (including phenoxy) is 1. The Labute approximate surface area is 122 Å². The Morgan fingerprint density at radius 3 is 2.43 bits per heavy atom. The minimum atomic E-state index is -0.701. The molecular formula is C18H16O3.